The van der Waals surface area contributed by atoms with Crippen LogP contribution in [-0.2, 0) is 11.3 Å². The summed E-state index contributed by atoms with van der Waals surface area (Å²) in [5.74, 6) is -1.30. The van der Waals surface area contributed by atoms with Crippen molar-refractivity contribution < 1.29 is 18.7 Å². The minimum atomic E-state index is -0.691. The molecule has 126 valence electrons. The second-order valence-corrected chi connectivity index (χ2v) is 6.23. The molecule has 1 N–H and O–H groups in total. The van der Waals surface area contributed by atoms with Crippen LogP contribution in [0.1, 0.15) is 10.4 Å². The molecule has 0 saturated carbocycles. The molecule has 1 aliphatic heterocycles. The van der Waals surface area contributed by atoms with E-state index in [-0.39, 0.29) is 23.8 Å². The van der Waals surface area contributed by atoms with Crippen LogP contribution in [0.5, 0.6) is 5.75 Å². The highest BCUT2D eigenvalue weighted by molar-refractivity contribution is 9.10. The Morgan fingerprint density at radius 3 is 3.04 bits per heavy atom. The van der Waals surface area contributed by atoms with E-state index in [1.165, 1.54) is 11.0 Å². The van der Waals surface area contributed by atoms with Gasteiger partial charge in [0.25, 0.3) is 11.8 Å². The average molecular weight is 397 g/mol. The molecule has 1 aliphatic rings. The molecule has 24 heavy (non-hydrogen) atoms. The summed E-state index contributed by atoms with van der Waals surface area (Å²) in [6, 6.07) is 2.41. The van der Waals surface area contributed by atoms with Crippen molar-refractivity contribution in [1.29, 1.82) is 0 Å². The lowest BCUT2D eigenvalue weighted by atomic mass is 10.1. The van der Waals surface area contributed by atoms with Crippen molar-refractivity contribution in [2.24, 2.45) is 0 Å². The zero-order valence-corrected chi connectivity index (χ0v) is 14.3. The molecule has 2 heterocycles. The van der Waals surface area contributed by atoms with Gasteiger partial charge in [0.2, 0.25) is 0 Å². The molecule has 0 aliphatic carbocycles. The Kier molecular flexibility index (Phi) is 4.52. The molecule has 0 radical (unpaired) electrons. The summed E-state index contributed by atoms with van der Waals surface area (Å²) in [6.07, 6.45) is 3.43. The molecule has 7 nitrogen and oxygen atoms in total. The van der Waals surface area contributed by atoms with Crippen LogP contribution in [0, 0.1) is 5.82 Å². The standard InChI is InChI=1S/C15H14BrFN4O3/c1-20(2-3-21-7-9(16)6-18-21)15(23)10-4-12-13(5-11(10)17)24-8-14(22)19-12/h4-7H,2-3,8H2,1H3,(H,19,22). The summed E-state index contributed by atoms with van der Waals surface area (Å²) in [7, 11) is 1.58. The summed E-state index contributed by atoms with van der Waals surface area (Å²) in [6.45, 7) is 0.658. The fraction of sp³-hybridized carbons (Fsp3) is 0.267. The minimum absolute atomic E-state index is 0.122. The number of ether oxygens (including phenoxy) is 1. The van der Waals surface area contributed by atoms with E-state index in [9.17, 15) is 14.0 Å². The van der Waals surface area contributed by atoms with Crippen LogP contribution in [0.15, 0.2) is 29.0 Å². The van der Waals surface area contributed by atoms with Gasteiger partial charge in [-0.05, 0) is 22.0 Å². The zero-order valence-electron chi connectivity index (χ0n) is 12.8. The maximum absolute atomic E-state index is 14.2. The number of amides is 2. The van der Waals surface area contributed by atoms with Gasteiger partial charge in [0.15, 0.2) is 6.61 Å². The van der Waals surface area contributed by atoms with Crippen molar-refractivity contribution in [1.82, 2.24) is 14.7 Å². The number of likely N-dealkylation sites (N-methyl/N-ethyl adjacent to an activating group) is 1. The zero-order chi connectivity index (χ0) is 17.3. The predicted octanol–water partition coefficient (Wildman–Crippen LogP) is 1.89. The van der Waals surface area contributed by atoms with E-state index < -0.39 is 11.7 Å². The van der Waals surface area contributed by atoms with Crippen LogP contribution in [0.25, 0.3) is 0 Å². The fourth-order valence-electron chi connectivity index (χ4n) is 2.29. The van der Waals surface area contributed by atoms with Crippen molar-refractivity contribution in [3.63, 3.8) is 0 Å². The lowest BCUT2D eigenvalue weighted by Crippen LogP contribution is -2.31. The largest absolute Gasteiger partial charge is 0.481 e. The normalized spacial score (nSPS) is 13.0. The molecule has 0 unspecified atom stereocenters. The third kappa shape index (κ3) is 3.40. The second kappa shape index (κ2) is 6.60. The quantitative estimate of drug-likeness (QED) is 0.855. The van der Waals surface area contributed by atoms with E-state index in [0.717, 1.165) is 10.5 Å². The molecular weight excluding hydrogens is 383 g/mol. The van der Waals surface area contributed by atoms with E-state index in [4.69, 9.17) is 4.74 Å². The second-order valence-electron chi connectivity index (χ2n) is 5.31. The van der Waals surface area contributed by atoms with Gasteiger partial charge in [-0.15, -0.1) is 0 Å². The Labute approximate surface area is 145 Å². The molecule has 2 aromatic rings. The number of nitrogens with one attached hydrogen (secondary N) is 1. The van der Waals surface area contributed by atoms with Gasteiger partial charge >= 0.3 is 0 Å². The molecule has 0 saturated heterocycles. The molecule has 9 heteroatoms. The minimum Gasteiger partial charge on any atom is -0.481 e. The van der Waals surface area contributed by atoms with Gasteiger partial charge in [-0.25, -0.2) is 4.39 Å². The van der Waals surface area contributed by atoms with Gasteiger partial charge in [-0.1, -0.05) is 0 Å². The van der Waals surface area contributed by atoms with Crippen LogP contribution >= 0.6 is 15.9 Å². The number of fused-ring (bicyclic) bond motifs is 1. The van der Waals surface area contributed by atoms with Crippen molar-refractivity contribution in [3.8, 4) is 5.75 Å². The number of benzene rings is 1. The number of rotatable bonds is 4. The first-order chi connectivity index (χ1) is 11.4. The highest BCUT2D eigenvalue weighted by Crippen LogP contribution is 2.30. The molecule has 0 atom stereocenters. The highest BCUT2D eigenvalue weighted by Gasteiger charge is 2.23. The van der Waals surface area contributed by atoms with Gasteiger partial charge in [0.1, 0.15) is 11.6 Å². The Hall–Kier alpha value is -2.42. The number of nitrogens with zero attached hydrogens (tertiary/aromatic N) is 3. The third-order valence-electron chi connectivity index (χ3n) is 3.55. The number of carbonyl (C=O) groups excluding carboxylic acids is 2. The average Bonchev–Trinajstić information content (AvgIpc) is 2.97. The maximum Gasteiger partial charge on any atom is 0.262 e. The van der Waals surface area contributed by atoms with E-state index in [2.05, 4.69) is 26.3 Å². The Bertz CT molecular complexity index is 808. The van der Waals surface area contributed by atoms with Crippen LogP contribution in [0.3, 0.4) is 0 Å². The fourth-order valence-corrected chi connectivity index (χ4v) is 2.61. The van der Waals surface area contributed by atoms with Crippen molar-refractivity contribution in [2.45, 2.75) is 6.54 Å². The molecule has 2 amide bonds. The monoisotopic (exact) mass is 396 g/mol. The number of carbonyl (C=O) groups is 2. The van der Waals surface area contributed by atoms with Gasteiger partial charge in [0.05, 0.1) is 28.5 Å². The molecular formula is C15H14BrFN4O3. The van der Waals surface area contributed by atoms with Gasteiger partial charge < -0.3 is 15.0 Å². The lowest BCUT2D eigenvalue weighted by molar-refractivity contribution is -0.118. The van der Waals surface area contributed by atoms with Crippen LogP contribution in [-0.4, -0.2) is 46.7 Å². The van der Waals surface area contributed by atoms with Crippen molar-refractivity contribution in [3.05, 3.63) is 40.4 Å². The summed E-state index contributed by atoms with van der Waals surface area (Å²) < 4.78 is 21.8. The molecule has 1 aromatic heterocycles. The highest BCUT2D eigenvalue weighted by atomic mass is 79.9. The third-order valence-corrected chi connectivity index (χ3v) is 3.95. The molecule has 0 spiro atoms. The molecule has 3 rings (SSSR count). The smallest absolute Gasteiger partial charge is 0.262 e. The van der Waals surface area contributed by atoms with Gasteiger partial charge in [0, 0.05) is 25.9 Å². The molecule has 1 aromatic carbocycles. The van der Waals surface area contributed by atoms with Crippen LogP contribution < -0.4 is 10.1 Å². The summed E-state index contributed by atoms with van der Waals surface area (Å²) in [5, 5.41) is 6.66. The van der Waals surface area contributed by atoms with Crippen LogP contribution in [0.2, 0.25) is 0 Å². The van der Waals surface area contributed by atoms with Crippen molar-refractivity contribution >= 4 is 33.4 Å². The van der Waals surface area contributed by atoms with E-state index in [1.807, 2.05) is 0 Å². The number of anilines is 1. The van der Waals surface area contributed by atoms with E-state index in [1.54, 1.807) is 24.1 Å². The van der Waals surface area contributed by atoms with Gasteiger partial charge in [-0.3, -0.25) is 14.3 Å². The Morgan fingerprint density at radius 2 is 2.33 bits per heavy atom. The first kappa shape index (κ1) is 16.4. The summed E-state index contributed by atoms with van der Waals surface area (Å²) in [5.41, 5.74) is 0.170. The first-order valence-corrected chi connectivity index (χ1v) is 7.93. The number of halogens is 2. The molecule has 0 bridgehead atoms. The summed E-state index contributed by atoms with van der Waals surface area (Å²) >= 11 is 3.29. The number of hydrogen-bond acceptors (Lipinski definition) is 4. The van der Waals surface area contributed by atoms with Crippen molar-refractivity contribution in [2.75, 3.05) is 25.5 Å². The molecule has 0 fully saturated rings. The van der Waals surface area contributed by atoms with E-state index in [0.29, 0.717) is 18.8 Å². The Balaban J connectivity index is 1.74. The Morgan fingerprint density at radius 1 is 1.54 bits per heavy atom. The predicted molar refractivity (Wildman–Crippen MR) is 87.4 cm³/mol. The topological polar surface area (TPSA) is 76.5 Å². The van der Waals surface area contributed by atoms with Crippen LogP contribution in [0.4, 0.5) is 10.1 Å². The SMILES string of the molecule is CN(CCn1cc(Br)cn1)C(=O)c1cc2c(cc1F)OCC(=O)N2. The van der Waals surface area contributed by atoms with Gasteiger partial charge in [-0.2, -0.15) is 5.10 Å². The summed E-state index contributed by atoms with van der Waals surface area (Å²) in [4.78, 5) is 25.2. The first-order valence-electron chi connectivity index (χ1n) is 7.13. The lowest BCUT2D eigenvalue weighted by Gasteiger charge is -2.21. The number of aromatic nitrogens is 2. The maximum atomic E-state index is 14.2. The van der Waals surface area contributed by atoms with E-state index >= 15 is 0 Å². The number of hydrogen-bond donors (Lipinski definition) is 1.